The monoisotopic (exact) mass is 454 g/mol. The average molecular weight is 455 g/mol. The summed E-state index contributed by atoms with van der Waals surface area (Å²) in [4.78, 5) is 0. The minimum Gasteiger partial charge on any atom is -0.372 e. The summed E-state index contributed by atoms with van der Waals surface area (Å²) in [7, 11) is 0. The van der Waals surface area contributed by atoms with E-state index in [0.29, 0.717) is 18.7 Å². The Kier molecular flexibility index (Phi) is 8.18. The molecule has 0 aromatic heterocycles. The molecule has 4 heterocycles. The van der Waals surface area contributed by atoms with Crippen molar-refractivity contribution in [3.05, 3.63) is 70.0 Å². The maximum absolute atomic E-state index is 13.1. The fourth-order valence-corrected chi connectivity index (χ4v) is 5.67. The van der Waals surface area contributed by atoms with Crippen LogP contribution in [0.4, 0.5) is 4.39 Å². The molecule has 33 heavy (non-hydrogen) atoms. The van der Waals surface area contributed by atoms with Gasteiger partial charge in [-0.15, -0.1) is 0 Å². The molecule has 0 amide bonds. The number of ether oxygens (including phenoxy) is 2. The molecule has 0 unspecified atom stereocenters. The van der Waals surface area contributed by atoms with Gasteiger partial charge in [0, 0.05) is 12.1 Å². The van der Waals surface area contributed by atoms with E-state index in [1.807, 2.05) is 6.07 Å². The fraction of sp³-hybridized carbons (Fsp3) is 0.571. The summed E-state index contributed by atoms with van der Waals surface area (Å²) in [5.41, 5.74) is 6.55. The van der Waals surface area contributed by atoms with E-state index in [1.54, 1.807) is 6.07 Å². The van der Waals surface area contributed by atoms with Crippen molar-refractivity contribution in [1.29, 1.82) is 0 Å². The predicted octanol–water partition coefficient (Wildman–Crippen LogP) is 5.19. The molecule has 0 aliphatic carbocycles. The molecule has 0 spiro atoms. The van der Waals surface area contributed by atoms with Crippen LogP contribution < -0.4 is 10.6 Å². The third kappa shape index (κ3) is 5.48. The molecule has 4 aliphatic rings. The summed E-state index contributed by atoms with van der Waals surface area (Å²) in [6.07, 6.45) is 7.20. The molecular formula is C28H39FN2O2. The van der Waals surface area contributed by atoms with Crippen LogP contribution in [0.1, 0.15) is 73.1 Å². The van der Waals surface area contributed by atoms with Gasteiger partial charge < -0.3 is 20.1 Å². The molecular weight excluding hydrogens is 415 g/mol. The summed E-state index contributed by atoms with van der Waals surface area (Å²) in [6.45, 7) is 5.96. The molecule has 2 aromatic rings. The van der Waals surface area contributed by atoms with Crippen LogP contribution in [0.3, 0.4) is 0 Å². The highest BCUT2D eigenvalue weighted by Gasteiger charge is 2.31. The summed E-state index contributed by atoms with van der Waals surface area (Å²) in [6, 6.07) is 12.8. The summed E-state index contributed by atoms with van der Waals surface area (Å²) in [5, 5.41) is 7.02. The van der Waals surface area contributed by atoms with Crippen molar-refractivity contribution >= 4 is 0 Å². The van der Waals surface area contributed by atoms with Crippen LogP contribution in [0.25, 0.3) is 0 Å². The summed E-state index contributed by atoms with van der Waals surface area (Å²) < 4.78 is 25.0. The fourth-order valence-electron chi connectivity index (χ4n) is 5.67. The van der Waals surface area contributed by atoms with Gasteiger partial charge in [0.25, 0.3) is 0 Å². The minimum absolute atomic E-state index is 0. The number of hydrogen-bond acceptors (Lipinski definition) is 4. The van der Waals surface area contributed by atoms with Gasteiger partial charge in [-0.1, -0.05) is 37.3 Å². The van der Waals surface area contributed by atoms with Gasteiger partial charge in [0.1, 0.15) is 5.82 Å². The summed E-state index contributed by atoms with van der Waals surface area (Å²) >= 11 is 0. The Morgan fingerprint density at radius 1 is 0.788 bits per heavy atom. The minimum atomic E-state index is -0.140. The highest BCUT2D eigenvalue weighted by atomic mass is 19.1. The van der Waals surface area contributed by atoms with E-state index in [9.17, 15) is 4.39 Å². The molecule has 0 radical (unpaired) electrons. The zero-order valence-corrected chi connectivity index (χ0v) is 19.0. The molecule has 0 saturated carbocycles. The third-order valence-electron chi connectivity index (χ3n) is 7.28. The number of nitrogens with one attached hydrogen (secondary N) is 2. The maximum Gasteiger partial charge on any atom is 0.123 e. The Labute approximate surface area is 198 Å². The Morgan fingerprint density at radius 3 is 1.88 bits per heavy atom. The zero-order valence-electron chi connectivity index (χ0n) is 19.0. The SMILES string of the molecule is C.Cc1ccc2c(c1)CCO[C@H]2[C@H]1CCCN1.Fc1ccc2c(c1)CCO[C@@H]2[C@H]1CCCN1. The van der Waals surface area contributed by atoms with E-state index in [4.69, 9.17) is 9.47 Å². The molecule has 4 aliphatic heterocycles. The van der Waals surface area contributed by atoms with Crippen LogP contribution >= 0.6 is 0 Å². The zero-order chi connectivity index (χ0) is 21.9. The highest BCUT2D eigenvalue weighted by Crippen LogP contribution is 2.34. The van der Waals surface area contributed by atoms with E-state index < -0.39 is 0 Å². The van der Waals surface area contributed by atoms with E-state index >= 15 is 0 Å². The Balaban J connectivity index is 0.000000152. The lowest BCUT2D eigenvalue weighted by molar-refractivity contribution is 0.0198. The van der Waals surface area contributed by atoms with Gasteiger partial charge in [0.05, 0.1) is 25.4 Å². The first-order chi connectivity index (χ1) is 15.7. The lowest BCUT2D eigenvalue weighted by atomic mass is 9.91. The molecule has 2 N–H and O–H groups in total. The second-order valence-corrected chi connectivity index (χ2v) is 9.53. The maximum atomic E-state index is 13.1. The van der Waals surface area contributed by atoms with E-state index in [0.717, 1.165) is 44.5 Å². The van der Waals surface area contributed by atoms with E-state index in [1.165, 1.54) is 47.6 Å². The topological polar surface area (TPSA) is 42.5 Å². The Morgan fingerprint density at radius 2 is 1.33 bits per heavy atom. The van der Waals surface area contributed by atoms with Crippen LogP contribution in [0, 0.1) is 12.7 Å². The number of halogens is 1. The smallest absolute Gasteiger partial charge is 0.123 e. The number of benzene rings is 2. The van der Waals surface area contributed by atoms with Gasteiger partial charge in [-0.3, -0.25) is 0 Å². The first kappa shape index (κ1) is 24.3. The molecule has 0 bridgehead atoms. The molecule has 2 fully saturated rings. The van der Waals surface area contributed by atoms with Crippen molar-refractivity contribution < 1.29 is 13.9 Å². The van der Waals surface area contributed by atoms with Crippen LogP contribution in [0.5, 0.6) is 0 Å². The normalized spacial score (nSPS) is 28.2. The standard InChI is InChI=1S/C14H19NO.C13H16FNO.CH4/c1-10-4-5-12-11(9-10)6-8-16-14(12)13-3-2-7-15-13;14-10-3-4-11-9(8-10)5-7-16-13(11)12-2-1-6-15-12;/h4-5,9,13-15H,2-3,6-8H2,1H3;3-4,8,12-13,15H,1-2,5-7H2;1H4/t13-,14-;12-,13+;/m11./s1. The Bertz CT molecular complexity index is 847. The van der Waals surface area contributed by atoms with Crippen molar-refractivity contribution in [2.24, 2.45) is 0 Å². The first-order valence-corrected chi connectivity index (χ1v) is 12.3. The lowest BCUT2D eigenvalue weighted by Gasteiger charge is -2.30. The van der Waals surface area contributed by atoms with Crippen LogP contribution in [-0.4, -0.2) is 38.4 Å². The van der Waals surface area contributed by atoms with Crippen molar-refractivity contribution in [2.45, 2.75) is 77.2 Å². The molecule has 2 saturated heterocycles. The van der Waals surface area contributed by atoms with E-state index in [2.05, 4.69) is 35.8 Å². The molecule has 5 heteroatoms. The van der Waals surface area contributed by atoms with Crippen molar-refractivity contribution in [3.8, 4) is 0 Å². The van der Waals surface area contributed by atoms with Crippen molar-refractivity contribution in [2.75, 3.05) is 26.3 Å². The van der Waals surface area contributed by atoms with Gasteiger partial charge in [-0.25, -0.2) is 4.39 Å². The van der Waals surface area contributed by atoms with E-state index in [-0.39, 0.29) is 25.5 Å². The second-order valence-electron chi connectivity index (χ2n) is 9.53. The van der Waals surface area contributed by atoms with Crippen LogP contribution in [-0.2, 0) is 22.3 Å². The second kappa shape index (κ2) is 11.1. The van der Waals surface area contributed by atoms with Crippen molar-refractivity contribution in [3.63, 3.8) is 0 Å². The van der Waals surface area contributed by atoms with Gasteiger partial charge in [0.15, 0.2) is 0 Å². The van der Waals surface area contributed by atoms with Gasteiger partial charge in [-0.05, 0) is 92.9 Å². The quantitative estimate of drug-likeness (QED) is 0.656. The van der Waals surface area contributed by atoms with Gasteiger partial charge in [0.2, 0.25) is 0 Å². The Hall–Kier alpha value is -1.79. The van der Waals surface area contributed by atoms with Gasteiger partial charge in [-0.2, -0.15) is 0 Å². The van der Waals surface area contributed by atoms with Gasteiger partial charge >= 0.3 is 0 Å². The molecule has 4 nitrogen and oxygen atoms in total. The first-order valence-electron chi connectivity index (χ1n) is 12.3. The molecule has 6 rings (SSSR count). The van der Waals surface area contributed by atoms with Crippen molar-refractivity contribution in [1.82, 2.24) is 10.6 Å². The molecule has 180 valence electrons. The van der Waals surface area contributed by atoms with Crippen LogP contribution in [0.2, 0.25) is 0 Å². The summed E-state index contributed by atoms with van der Waals surface area (Å²) in [5.74, 6) is -0.140. The largest absolute Gasteiger partial charge is 0.372 e. The lowest BCUT2D eigenvalue weighted by Crippen LogP contribution is -2.33. The number of rotatable bonds is 2. The predicted molar refractivity (Wildman–Crippen MR) is 131 cm³/mol. The molecule has 4 atom stereocenters. The molecule has 2 aromatic carbocycles. The number of fused-ring (bicyclic) bond motifs is 2. The third-order valence-corrected chi connectivity index (χ3v) is 7.28. The highest BCUT2D eigenvalue weighted by molar-refractivity contribution is 5.36. The number of hydrogen-bond donors (Lipinski definition) is 2. The number of aryl methyl sites for hydroxylation is 1. The average Bonchev–Trinajstić information content (AvgIpc) is 3.53. The van der Waals surface area contributed by atoms with Crippen LogP contribution in [0.15, 0.2) is 36.4 Å².